The molecule has 1 N–H and O–H groups in total. The third-order valence-corrected chi connectivity index (χ3v) is 2.21. The van der Waals surface area contributed by atoms with E-state index in [1.807, 2.05) is 0 Å². The predicted molar refractivity (Wildman–Crippen MR) is 54.2 cm³/mol. The maximum Gasteiger partial charge on any atom is 0.163 e. The van der Waals surface area contributed by atoms with Crippen LogP contribution in [0.5, 0.6) is 11.5 Å². The number of alkyl halides is 1. The SMILES string of the molecule is COc1cc(O)c(C(C)=O)cc1CCl. The Morgan fingerprint density at radius 1 is 1.57 bits per heavy atom. The molecule has 1 rings (SSSR count). The minimum absolute atomic E-state index is 0.0804. The monoisotopic (exact) mass is 214 g/mol. The molecular formula is C10H11ClO3. The van der Waals surface area contributed by atoms with Crippen molar-refractivity contribution in [1.29, 1.82) is 0 Å². The van der Waals surface area contributed by atoms with Gasteiger partial charge < -0.3 is 9.84 Å². The maximum atomic E-state index is 11.1. The van der Waals surface area contributed by atoms with Crippen LogP contribution < -0.4 is 4.74 Å². The Balaban J connectivity index is 3.30. The molecule has 0 aliphatic rings. The van der Waals surface area contributed by atoms with E-state index in [2.05, 4.69) is 0 Å². The highest BCUT2D eigenvalue weighted by Crippen LogP contribution is 2.29. The van der Waals surface area contributed by atoms with Gasteiger partial charge in [-0.25, -0.2) is 0 Å². The summed E-state index contributed by atoms with van der Waals surface area (Å²) in [6, 6.07) is 2.94. The Kier molecular flexibility index (Phi) is 3.36. The van der Waals surface area contributed by atoms with Crippen molar-refractivity contribution >= 4 is 17.4 Å². The van der Waals surface area contributed by atoms with Crippen molar-refractivity contribution < 1.29 is 14.6 Å². The molecule has 0 heterocycles. The van der Waals surface area contributed by atoms with E-state index in [1.165, 1.54) is 20.1 Å². The summed E-state index contributed by atoms with van der Waals surface area (Å²) >= 11 is 5.67. The normalized spacial score (nSPS) is 9.93. The summed E-state index contributed by atoms with van der Waals surface area (Å²) in [4.78, 5) is 11.1. The first kappa shape index (κ1) is 10.9. The second-order valence-corrected chi connectivity index (χ2v) is 3.14. The van der Waals surface area contributed by atoms with Gasteiger partial charge in [-0.1, -0.05) is 0 Å². The van der Waals surface area contributed by atoms with Crippen LogP contribution in [0.15, 0.2) is 12.1 Å². The predicted octanol–water partition coefficient (Wildman–Crippen LogP) is 2.34. The number of carbonyl (C=O) groups excluding carboxylic acids is 1. The standard InChI is InChI=1S/C10H11ClO3/c1-6(12)8-3-7(5-11)10(14-2)4-9(8)13/h3-4,13H,5H2,1-2H3. The van der Waals surface area contributed by atoms with Crippen LogP contribution in [0.4, 0.5) is 0 Å². The number of phenolic OH excluding ortho intramolecular Hbond substituents is 1. The highest BCUT2D eigenvalue weighted by Gasteiger charge is 2.11. The molecule has 76 valence electrons. The molecule has 0 spiro atoms. The van der Waals surface area contributed by atoms with Crippen LogP contribution in [-0.2, 0) is 5.88 Å². The van der Waals surface area contributed by atoms with Crippen molar-refractivity contribution in [2.24, 2.45) is 0 Å². The number of ketones is 1. The third-order valence-electron chi connectivity index (χ3n) is 1.92. The fraction of sp³-hybridized carbons (Fsp3) is 0.300. The molecule has 14 heavy (non-hydrogen) atoms. The number of halogens is 1. The molecule has 1 aromatic carbocycles. The number of aromatic hydroxyl groups is 1. The Labute approximate surface area is 87.3 Å². The fourth-order valence-electron chi connectivity index (χ4n) is 1.19. The second kappa shape index (κ2) is 4.33. The van der Waals surface area contributed by atoms with Gasteiger partial charge in [-0.2, -0.15) is 0 Å². The molecule has 0 saturated heterocycles. The molecule has 0 amide bonds. The quantitative estimate of drug-likeness (QED) is 0.621. The van der Waals surface area contributed by atoms with Crippen molar-refractivity contribution in [2.75, 3.05) is 7.11 Å². The number of methoxy groups -OCH3 is 1. The summed E-state index contributed by atoms with van der Waals surface area (Å²) in [6.07, 6.45) is 0. The lowest BCUT2D eigenvalue weighted by atomic mass is 10.1. The Morgan fingerprint density at radius 3 is 2.64 bits per heavy atom. The molecule has 0 fully saturated rings. The van der Waals surface area contributed by atoms with E-state index >= 15 is 0 Å². The van der Waals surface area contributed by atoms with Gasteiger partial charge in [0.2, 0.25) is 0 Å². The number of carbonyl (C=O) groups is 1. The van der Waals surface area contributed by atoms with Gasteiger partial charge in [0.15, 0.2) is 5.78 Å². The highest BCUT2D eigenvalue weighted by molar-refractivity contribution is 6.17. The minimum atomic E-state index is -0.198. The third kappa shape index (κ3) is 1.99. The van der Waals surface area contributed by atoms with E-state index < -0.39 is 0 Å². The molecule has 0 unspecified atom stereocenters. The number of phenols is 1. The van der Waals surface area contributed by atoms with Gasteiger partial charge in [-0.05, 0) is 13.0 Å². The lowest BCUT2D eigenvalue weighted by Crippen LogP contribution is -1.97. The zero-order valence-corrected chi connectivity index (χ0v) is 8.76. The first-order chi connectivity index (χ1) is 6.60. The summed E-state index contributed by atoms with van der Waals surface area (Å²) < 4.78 is 5.00. The first-order valence-electron chi connectivity index (χ1n) is 4.07. The van der Waals surface area contributed by atoms with Crippen molar-refractivity contribution in [1.82, 2.24) is 0 Å². The van der Waals surface area contributed by atoms with E-state index in [-0.39, 0.29) is 23.0 Å². The molecule has 1 aromatic rings. The summed E-state index contributed by atoms with van der Waals surface area (Å²) in [5.41, 5.74) is 0.957. The summed E-state index contributed by atoms with van der Waals surface area (Å²) in [6.45, 7) is 1.39. The van der Waals surface area contributed by atoms with E-state index in [9.17, 15) is 9.90 Å². The average molecular weight is 215 g/mol. The molecule has 0 bridgehead atoms. The second-order valence-electron chi connectivity index (χ2n) is 2.87. The summed E-state index contributed by atoms with van der Waals surface area (Å²) in [7, 11) is 1.48. The van der Waals surface area contributed by atoms with E-state index in [0.29, 0.717) is 11.3 Å². The van der Waals surface area contributed by atoms with Gasteiger partial charge >= 0.3 is 0 Å². The van der Waals surface area contributed by atoms with Gasteiger partial charge in [0.25, 0.3) is 0 Å². The molecular weight excluding hydrogens is 204 g/mol. The molecule has 0 aliphatic heterocycles. The van der Waals surface area contributed by atoms with E-state index in [1.54, 1.807) is 6.07 Å². The minimum Gasteiger partial charge on any atom is -0.507 e. The van der Waals surface area contributed by atoms with Crippen LogP contribution in [-0.4, -0.2) is 18.0 Å². The molecule has 4 heteroatoms. The number of hydrogen-bond donors (Lipinski definition) is 1. The van der Waals surface area contributed by atoms with Gasteiger partial charge in [-0.3, -0.25) is 4.79 Å². The van der Waals surface area contributed by atoms with Crippen molar-refractivity contribution in [3.05, 3.63) is 23.3 Å². The lowest BCUT2D eigenvalue weighted by molar-refractivity contribution is 0.101. The number of Topliss-reactive ketones (excluding diaryl/α,β-unsaturated/α-hetero) is 1. The number of hydrogen-bond acceptors (Lipinski definition) is 3. The lowest BCUT2D eigenvalue weighted by Gasteiger charge is -2.08. The molecule has 0 aromatic heterocycles. The van der Waals surface area contributed by atoms with E-state index in [4.69, 9.17) is 16.3 Å². The molecule has 0 aliphatic carbocycles. The zero-order chi connectivity index (χ0) is 10.7. The average Bonchev–Trinajstić information content (AvgIpc) is 2.16. The zero-order valence-electron chi connectivity index (χ0n) is 8.00. The molecule has 0 atom stereocenters. The largest absolute Gasteiger partial charge is 0.507 e. The summed E-state index contributed by atoms with van der Waals surface area (Å²) in [5, 5.41) is 9.47. The topological polar surface area (TPSA) is 46.5 Å². The van der Waals surface area contributed by atoms with E-state index in [0.717, 1.165) is 0 Å². The van der Waals surface area contributed by atoms with Gasteiger partial charge in [0.05, 0.1) is 18.6 Å². The maximum absolute atomic E-state index is 11.1. The molecule has 0 saturated carbocycles. The van der Waals surface area contributed by atoms with Gasteiger partial charge in [0.1, 0.15) is 11.5 Å². The van der Waals surface area contributed by atoms with Gasteiger partial charge in [0, 0.05) is 11.6 Å². The number of ether oxygens (including phenoxy) is 1. The van der Waals surface area contributed by atoms with Crippen LogP contribution in [0, 0.1) is 0 Å². The van der Waals surface area contributed by atoms with Crippen LogP contribution in [0.25, 0.3) is 0 Å². The van der Waals surface area contributed by atoms with Crippen LogP contribution in [0.1, 0.15) is 22.8 Å². The molecule has 3 nitrogen and oxygen atoms in total. The smallest absolute Gasteiger partial charge is 0.163 e. The van der Waals surface area contributed by atoms with Gasteiger partial charge in [-0.15, -0.1) is 11.6 Å². The molecule has 0 radical (unpaired) electrons. The highest BCUT2D eigenvalue weighted by atomic mass is 35.5. The number of benzene rings is 1. The fourth-order valence-corrected chi connectivity index (χ4v) is 1.40. The van der Waals surface area contributed by atoms with Crippen LogP contribution >= 0.6 is 11.6 Å². The summed E-state index contributed by atoms with van der Waals surface area (Å²) in [5.74, 6) is 0.450. The van der Waals surface area contributed by atoms with Crippen molar-refractivity contribution in [2.45, 2.75) is 12.8 Å². The first-order valence-corrected chi connectivity index (χ1v) is 4.60. The Hall–Kier alpha value is -1.22. The number of rotatable bonds is 3. The van der Waals surface area contributed by atoms with Crippen molar-refractivity contribution in [3.63, 3.8) is 0 Å². The Bertz CT molecular complexity index is 361. The Morgan fingerprint density at radius 2 is 2.21 bits per heavy atom. The van der Waals surface area contributed by atoms with Crippen LogP contribution in [0.2, 0.25) is 0 Å². The van der Waals surface area contributed by atoms with Crippen LogP contribution in [0.3, 0.4) is 0 Å². The van der Waals surface area contributed by atoms with Crippen molar-refractivity contribution in [3.8, 4) is 11.5 Å².